The minimum atomic E-state index is 0. The fraction of sp³-hybridized carbons (Fsp3) is 0.750. The molecule has 4 nitrogen and oxygen atoms in total. The highest BCUT2D eigenvalue weighted by Gasteiger charge is 2.40. The van der Waals surface area contributed by atoms with Crippen molar-refractivity contribution in [2.45, 2.75) is 56.9 Å². The summed E-state index contributed by atoms with van der Waals surface area (Å²) >= 11 is 0. The molecule has 124 valence electrons. The molecule has 0 bridgehead atoms. The molecule has 1 saturated heterocycles. The minimum absolute atomic E-state index is 0. The van der Waals surface area contributed by atoms with Crippen LogP contribution in [0.5, 0.6) is 0 Å². The molecule has 2 N–H and O–H groups in total. The van der Waals surface area contributed by atoms with Crippen molar-refractivity contribution >= 4 is 30.6 Å². The summed E-state index contributed by atoms with van der Waals surface area (Å²) in [6.45, 7) is 2.37. The third kappa shape index (κ3) is 3.19. The fourth-order valence-corrected chi connectivity index (χ4v) is 4.32. The van der Waals surface area contributed by atoms with Gasteiger partial charge in [-0.1, -0.05) is 12.8 Å². The molecule has 3 aliphatic rings. The Kier molecular flexibility index (Phi) is 5.57. The van der Waals surface area contributed by atoms with Crippen LogP contribution in [-0.2, 0) is 0 Å². The standard InChI is InChI=1S/C16H24N4.2ClH/c17-13-7-12(8-13)14-9-15(19-11-18-14)20-6-5-16(10-20)3-1-2-4-16;;/h9,11-13H,1-8,10,17H2;2*1H. The first-order chi connectivity index (χ1) is 9.74. The maximum atomic E-state index is 5.89. The number of hydrogen-bond acceptors (Lipinski definition) is 4. The Bertz CT molecular complexity index is 499. The summed E-state index contributed by atoms with van der Waals surface area (Å²) in [4.78, 5) is 11.5. The van der Waals surface area contributed by atoms with Gasteiger partial charge in [-0.2, -0.15) is 0 Å². The van der Waals surface area contributed by atoms with Gasteiger partial charge in [0.1, 0.15) is 12.1 Å². The van der Waals surface area contributed by atoms with Crippen LogP contribution < -0.4 is 10.6 Å². The Morgan fingerprint density at radius 1 is 1.09 bits per heavy atom. The van der Waals surface area contributed by atoms with E-state index in [0.29, 0.717) is 17.4 Å². The second kappa shape index (κ2) is 6.90. The van der Waals surface area contributed by atoms with Gasteiger partial charge in [0.25, 0.3) is 0 Å². The minimum Gasteiger partial charge on any atom is -0.356 e. The van der Waals surface area contributed by atoms with E-state index in [1.165, 1.54) is 50.9 Å². The third-order valence-corrected chi connectivity index (χ3v) is 5.69. The van der Waals surface area contributed by atoms with E-state index >= 15 is 0 Å². The zero-order chi connectivity index (χ0) is 13.6. The van der Waals surface area contributed by atoms with Gasteiger partial charge in [0.15, 0.2) is 0 Å². The monoisotopic (exact) mass is 344 g/mol. The Balaban J connectivity index is 0.000000882. The van der Waals surface area contributed by atoms with Crippen molar-refractivity contribution in [1.82, 2.24) is 9.97 Å². The molecule has 2 heterocycles. The Hall–Kier alpha value is -0.580. The number of rotatable bonds is 2. The second-order valence-corrected chi connectivity index (χ2v) is 7.11. The van der Waals surface area contributed by atoms with E-state index in [2.05, 4.69) is 20.9 Å². The molecule has 2 aliphatic carbocycles. The van der Waals surface area contributed by atoms with E-state index in [9.17, 15) is 0 Å². The molecule has 0 amide bonds. The van der Waals surface area contributed by atoms with E-state index in [-0.39, 0.29) is 24.8 Å². The molecule has 4 rings (SSSR count). The van der Waals surface area contributed by atoms with Crippen molar-refractivity contribution in [1.29, 1.82) is 0 Å². The SMILES string of the molecule is Cl.Cl.NC1CC(c2cc(N3CCC4(CCCC4)C3)ncn2)C1. The molecule has 1 aromatic rings. The molecule has 3 fully saturated rings. The molecule has 2 saturated carbocycles. The molecule has 1 aromatic heterocycles. The molecular formula is C16H26Cl2N4. The van der Waals surface area contributed by atoms with Crippen LogP contribution in [-0.4, -0.2) is 29.1 Å². The van der Waals surface area contributed by atoms with Crippen molar-refractivity contribution in [3.8, 4) is 0 Å². The van der Waals surface area contributed by atoms with Crippen LogP contribution >= 0.6 is 24.8 Å². The van der Waals surface area contributed by atoms with Gasteiger partial charge in [-0.25, -0.2) is 9.97 Å². The number of halogens is 2. The number of nitrogens with zero attached hydrogens (tertiary/aromatic N) is 3. The van der Waals surface area contributed by atoms with Gasteiger partial charge < -0.3 is 10.6 Å². The largest absolute Gasteiger partial charge is 0.356 e. The third-order valence-electron chi connectivity index (χ3n) is 5.69. The lowest BCUT2D eigenvalue weighted by Gasteiger charge is -2.32. The molecular weight excluding hydrogens is 319 g/mol. The summed E-state index contributed by atoms with van der Waals surface area (Å²) in [6.07, 6.45) is 10.9. The average molecular weight is 345 g/mol. The van der Waals surface area contributed by atoms with Gasteiger partial charge >= 0.3 is 0 Å². The van der Waals surface area contributed by atoms with Crippen LogP contribution in [0.3, 0.4) is 0 Å². The highest BCUT2D eigenvalue weighted by Crippen LogP contribution is 2.46. The normalized spacial score (nSPS) is 28.9. The van der Waals surface area contributed by atoms with Crippen molar-refractivity contribution in [3.05, 3.63) is 18.1 Å². The number of aromatic nitrogens is 2. The lowest BCUT2D eigenvalue weighted by atomic mass is 9.78. The summed E-state index contributed by atoms with van der Waals surface area (Å²) in [5.41, 5.74) is 7.69. The molecule has 0 aromatic carbocycles. The first-order valence-corrected chi connectivity index (χ1v) is 8.07. The quantitative estimate of drug-likeness (QED) is 0.894. The van der Waals surface area contributed by atoms with Gasteiger partial charge in [-0.05, 0) is 37.5 Å². The maximum absolute atomic E-state index is 5.89. The molecule has 0 unspecified atom stereocenters. The van der Waals surface area contributed by atoms with E-state index in [1.54, 1.807) is 6.33 Å². The zero-order valence-corrected chi connectivity index (χ0v) is 14.5. The maximum Gasteiger partial charge on any atom is 0.132 e. The molecule has 0 atom stereocenters. The van der Waals surface area contributed by atoms with Crippen LogP contribution in [0.25, 0.3) is 0 Å². The van der Waals surface area contributed by atoms with E-state index in [0.717, 1.165) is 18.7 Å². The molecule has 1 spiro atoms. The van der Waals surface area contributed by atoms with Gasteiger partial charge in [0.2, 0.25) is 0 Å². The van der Waals surface area contributed by atoms with E-state index in [4.69, 9.17) is 5.73 Å². The summed E-state index contributed by atoms with van der Waals surface area (Å²) in [5, 5.41) is 0. The second-order valence-electron chi connectivity index (χ2n) is 7.11. The summed E-state index contributed by atoms with van der Waals surface area (Å²) in [5.74, 6) is 1.70. The predicted octanol–water partition coefficient (Wildman–Crippen LogP) is 3.30. The van der Waals surface area contributed by atoms with Crippen molar-refractivity contribution in [2.24, 2.45) is 11.1 Å². The lowest BCUT2D eigenvalue weighted by Crippen LogP contribution is -2.35. The van der Waals surface area contributed by atoms with Crippen LogP contribution in [0.15, 0.2) is 12.4 Å². The van der Waals surface area contributed by atoms with Gasteiger partial charge in [0, 0.05) is 36.8 Å². The number of nitrogens with two attached hydrogens (primary N) is 1. The number of hydrogen-bond donors (Lipinski definition) is 1. The fourth-order valence-electron chi connectivity index (χ4n) is 4.32. The first-order valence-electron chi connectivity index (χ1n) is 8.07. The summed E-state index contributed by atoms with van der Waals surface area (Å²) in [7, 11) is 0. The van der Waals surface area contributed by atoms with Crippen LogP contribution in [0.4, 0.5) is 5.82 Å². The molecule has 22 heavy (non-hydrogen) atoms. The highest BCUT2D eigenvalue weighted by molar-refractivity contribution is 5.85. The van der Waals surface area contributed by atoms with Gasteiger partial charge in [-0.3, -0.25) is 0 Å². The molecule has 1 aliphatic heterocycles. The van der Waals surface area contributed by atoms with Crippen molar-refractivity contribution < 1.29 is 0 Å². The van der Waals surface area contributed by atoms with Crippen LogP contribution in [0, 0.1) is 5.41 Å². The lowest BCUT2D eigenvalue weighted by molar-refractivity contribution is 0.340. The van der Waals surface area contributed by atoms with Crippen LogP contribution in [0.1, 0.15) is 56.6 Å². The highest BCUT2D eigenvalue weighted by atomic mass is 35.5. The van der Waals surface area contributed by atoms with Gasteiger partial charge in [0.05, 0.1) is 0 Å². The van der Waals surface area contributed by atoms with E-state index in [1.807, 2.05) is 0 Å². The van der Waals surface area contributed by atoms with Crippen LogP contribution in [0.2, 0.25) is 0 Å². The Morgan fingerprint density at radius 3 is 2.50 bits per heavy atom. The topological polar surface area (TPSA) is 55.0 Å². The van der Waals surface area contributed by atoms with Crippen molar-refractivity contribution in [2.75, 3.05) is 18.0 Å². The molecule has 6 heteroatoms. The number of anilines is 1. The predicted molar refractivity (Wildman–Crippen MR) is 94.2 cm³/mol. The van der Waals surface area contributed by atoms with E-state index < -0.39 is 0 Å². The Labute approximate surface area is 145 Å². The first kappa shape index (κ1) is 17.8. The zero-order valence-electron chi connectivity index (χ0n) is 12.9. The van der Waals surface area contributed by atoms with Gasteiger partial charge in [-0.15, -0.1) is 24.8 Å². The average Bonchev–Trinajstić information content (AvgIpc) is 3.06. The smallest absolute Gasteiger partial charge is 0.132 e. The van der Waals surface area contributed by atoms with Crippen molar-refractivity contribution in [3.63, 3.8) is 0 Å². The summed E-state index contributed by atoms with van der Waals surface area (Å²) in [6, 6.07) is 2.59. The summed E-state index contributed by atoms with van der Waals surface area (Å²) < 4.78 is 0. The Morgan fingerprint density at radius 2 is 1.82 bits per heavy atom. The molecule has 0 radical (unpaired) electrons.